The quantitative estimate of drug-likeness (QED) is 0.799. The molecular formula is C20H21N3O. The highest BCUT2D eigenvalue weighted by atomic mass is 16.4. The Bertz CT molecular complexity index is 826. The van der Waals surface area contributed by atoms with Gasteiger partial charge in [0.05, 0.1) is 5.69 Å². The van der Waals surface area contributed by atoms with E-state index in [4.69, 9.17) is 15.1 Å². The summed E-state index contributed by atoms with van der Waals surface area (Å²) in [5, 5.41) is 0. The van der Waals surface area contributed by atoms with Gasteiger partial charge in [-0.2, -0.15) is 0 Å². The van der Waals surface area contributed by atoms with Crippen LogP contribution in [0.25, 0.3) is 11.5 Å². The van der Waals surface area contributed by atoms with Crippen LogP contribution in [0.2, 0.25) is 0 Å². The highest BCUT2D eigenvalue weighted by molar-refractivity contribution is 5.53. The lowest BCUT2D eigenvalue weighted by Crippen LogP contribution is -2.16. The highest BCUT2D eigenvalue weighted by Gasteiger charge is 2.27. The van der Waals surface area contributed by atoms with Crippen LogP contribution in [0.5, 0.6) is 0 Å². The topological polar surface area (TPSA) is 64.9 Å². The molecule has 0 fully saturated rings. The van der Waals surface area contributed by atoms with Gasteiger partial charge < -0.3 is 10.2 Å². The second-order valence-electron chi connectivity index (χ2n) is 6.28. The van der Waals surface area contributed by atoms with Crippen LogP contribution < -0.4 is 5.73 Å². The van der Waals surface area contributed by atoms with Crippen molar-refractivity contribution in [3.05, 3.63) is 71.4 Å². The fourth-order valence-corrected chi connectivity index (χ4v) is 3.50. The van der Waals surface area contributed by atoms with E-state index >= 15 is 0 Å². The van der Waals surface area contributed by atoms with Crippen molar-refractivity contribution in [1.82, 2.24) is 9.97 Å². The van der Waals surface area contributed by atoms with Gasteiger partial charge in [0.2, 0.25) is 5.89 Å². The molecule has 0 spiro atoms. The largest absolute Gasteiger partial charge is 0.441 e. The molecule has 122 valence electrons. The smallest absolute Gasteiger partial charge is 0.226 e. The van der Waals surface area contributed by atoms with Gasteiger partial charge >= 0.3 is 0 Å². The molecule has 1 aliphatic carbocycles. The molecule has 1 unspecified atom stereocenters. The lowest BCUT2D eigenvalue weighted by atomic mass is 9.85. The maximum atomic E-state index is 6.00. The van der Waals surface area contributed by atoms with Crippen LogP contribution >= 0.6 is 0 Å². The molecular weight excluding hydrogens is 298 g/mol. The Hall–Kier alpha value is -2.46. The minimum absolute atomic E-state index is 0.397. The van der Waals surface area contributed by atoms with Crippen molar-refractivity contribution in [2.75, 3.05) is 6.54 Å². The molecule has 0 bridgehead atoms. The first-order valence-corrected chi connectivity index (χ1v) is 8.53. The summed E-state index contributed by atoms with van der Waals surface area (Å²) in [5.41, 5.74) is 10.3. The maximum Gasteiger partial charge on any atom is 0.226 e. The van der Waals surface area contributed by atoms with Crippen molar-refractivity contribution in [2.24, 2.45) is 5.73 Å². The number of nitrogens with zero attached hydrogens (tertiary/aromatic N) is 2. The molecule has 1 aromatic carbocycles. The first-order chi connectivity index (χ1) is 11.8. The Morgan fingerprint density at radius 1 is 1.12 bits per heavy atom. The van der Waals surface area contributed by atoms with E-state index in [1.807, 2.05) is 42.6 Å². The van der Waals surface area contributed by atoms with Gasteiger partial charge in [0, 0.05) is 36.2 Å². The van der Waals surface area contributed by atoms with E-state index in [2.05, 4.69) is 11.1 Å². The van der Waals surface area contributed by atoms with Gasteiger partial charge in [-0.25, -0.2) is 4.98 Å². The first-order valence-electron chi connectivity index (χ1n) is 8.53. The maximum absolute atomic E-state index is 6.00. The average molecular weight is 319 g/mol. The molecule has 2 heterocycles. The molecule has 24 heavy (non-hydrogen) atoms. The normalized spacial score (nSPS) is 16.8. The summed E-state index contributed by atoms with van der Waals surface area (Å²) in [6, 6.07) is 14.2. The average Bonchev–Trinajstić information content (AvgIpc) is 3.06. The number of aromatic nitrogens is 2. The van der Waals surface area contributed by atoms with Gasteiger partial charge in [-0.3, -0.25) is 4.98 Å². The van der Waals surface area contributed by atoms with Crippen molar-refractivity contribution in [2.45, 2.75) is 31.6 Å². The number of nitrogens with two attached hydrogens (primary N) is 1. The zero-order chi connectivity index (χ0) is 16.4. The van der Waals surface area contributed by atoms with E-state index in [0.717, 1.165) is 48.6 Å². The Labute approximate surface area is 141 Å². The lowest BCUT2D eigenvalue weighted by Gasteiger charge is -2.22. The molecule has 4 nitrogen and oxygen atoms in total. The minimum Gasteiger partial charge on any atom is -0.441 e. The van der Waals surface area contributed by atoms with E-state index in [9.17, 15) is 0 Å². The molecule has 1 aliphatic rings. The summed E-state index contributed by atoms with van der Waals surface area (Å²) in [6.45, 7) is 0.652. The Kier molecular flexibility index (Phi) is 4.13. The van der Waals surface area contributed by atoms with E-state index in [0.29, 0.717) is 12.5 Å². The number of oxazole rings is 1. The summed E-state index contributed by atoms with van der Waals surface area (Å²) in [4.78, 5) is 9.40. The molecule has 1 atom stereocenters. The number of benzene rings is 1. The first kappa shape index (κ1) is 15.1. The van der Waals surface area contributed by atoms with Gasteiger partial charge in [0.15, 0.2) is 0 Å². The minimum atomic E-state index is 0.397. The molecule has 0 saturated heterocycles. The van der Waals surface area contributed by atoms with Gasteiger partial charge in [-0.05, 0) is 43.1 Å². The Balaban J connectivity index is 1.62. The van der Waals surface area contributed by atoms with Crippen LogP contribution in [0.4, 0.5) is 0 Å². The molecule has 2 aromatic heterocycles. The van der Waals surface area contributed by atoms with Crippen molar-refractivity contribution >= 4 is 0 Å². The zero-order valence-electron chi connectivity index (χ0n) is 13.6. The van der Waals surface area contributed by atoms with E-state index in [1.54, 1.807) is 0 Å². The van der Waals surface area contributed by atoms with Crippen LogP contribution in [0.3, 0.4) is 0 Å². The van der Waals surface area contributed by atoms with Crippen LogP contribution in [-0.4, -0.2) is 16.5 Å². The number of hydrogen-bond donors (Lipinski definition) is 1. The molecule has 0 saturated carbocycles. The molecule has 0 radical (unpaired) electrons. The zero-order valence-corrected chi connectivity index (χ0v) is 13.6. The standard InChI is InChI=1S/C20H21N3O/c21-11-10-14-7-4-12-22-19(14)16-8-9-18-17(13-16)23-20(24-18)15-5-2-1-3-6-15/h1-7,12,16H,8-11,13,21H2. The summed E-state index contributed by atoms with van der Waals surface area (Å²) >= 11 is 0. The number of pyridine rings is 1. The van der Waals surface area contributed by atoms with Gasteiger partial charge in [0.25, 0.3) is 0 Å². The molecule has 2 N–H and O–H groups in total. The second-order valence-corrected chi connectivity index (χ2v) is 6.28. The van der Waals surface area contributed by atoms with Crippen LogP contribution in [0, 0.1) is 0 Å². The van der Waals surface area contributed by atoms with Crippen LogP contribution in [-0.2, 0) is 19.3 Å². The molecule has 4 heteroatoms. The molecule has 0 aliphatic heterocycles. The Morgan fingerprint density at radius 3 is 2.83 bits per heavy atom. The van der Waals surface area contributed by atoms with E-state index in [1.165, 1.54) is 11.3 Å². The fraction of sp³-hybridized carbons (Fsp3) is 0.300. The van der Waals surface area contributed by atoms with E-state index in [-0.39, 0.29) is 0 Å². The molecule has 3 aromatic rings. The monoisotopic (exact) mass is 319 g/mol. The van der Waals surface area contributed by atoms with E-state index < -0.39 is 0 Å². The number of fused-ring (bicyclic) bond motifs is 1. The van der Waals surface area contributed by atoms with Crippen LogP contribution in [0.1, 0.15) is 35.1 Å². The third-order valence-corrected chi connectivity index (χ3v) is 4.69. The highest BCUT2D eigenvalue weighted by Crippen LogP contribution is 2.35. The van der Waals surface area contributed by atoms with Crippen molar-refractivity contribution < 1.29 is 4.42 Å². The molecule has 4 rings (SSSR count). The number of aryl methyl sites for hydroxylation is 1. The third kappa shape index (κ3) is 2.85. The second kappa shape index (κ2) is 6.57. The van der Waals surface area contributed by atoms with Gasteiger partial charge in [-0.1, -0.05) is 24.3 Å². The van der Waals surface area contributed by atoms with Crippen molar-refractivity contribution in [1.29, 1.82) is 0 Å². The summed E-state index contributed by atoms with van der Waals surface area (Å²) in [5.74, 6) is 2.15. The van der Waals surface area contributed by atoms with Crippen molar-refractivity contribution in [3.8, 4) is 11.5 Å². The third-order valence-electron chi connectivity index (χ3n) is 4.69. The summed E-state index contributed by atoms with van der Waals surface area (Å²) in [7, 11) is 0. The predicted molar refractivity (Wildman–Crippen MR) is 93.7 cm³/mol. The summed E-state index contributed by atoms with van der Waals surface area (Å²) in [6.07, 6.45) is 5.60. The predicted octanol–water partition coefficient (Wildman–Crippen LogP) is 3.51. The number of hydrogen-bond acceptors (Lipinski definition) is 4. The lowest BCUT2D eigenvalue weighted by molar-refractivity contribution is 0.460. The fourth-order valence-electron chi connectivity index (χ4n) is 3.50. The molecule has 0 amide bonds. The van der Waals surface area contributed by atoms with Gasteiger partial charge in [0.1, 0.15) is 5.76 Å². The SMILES string of the molecule is NCCc1cccnc1C1CCc2oc(-c3ccccc3)nc2C1. The Morgan fingerprint density at radius 2 is 2.00 bits per heavy atom. The van der Waals surface area contributed by atoms with Gasteiger partial charge in [-0.15, -0.1) is 0 Å². The van der Waals surface area contributed by atoms with Crippen LogP contribution in [0.15, 0.2) is 53.1 Å². The summed E-state index contributed by atoms with van der Waals surface area (Å²) < 4.78 is 6.00. The van der Waals surface area contributed by atoms with Crippen molar-refractivity contribution in [3.63, 3.8) is 0 Å². The number of rotatable bonds is 4.